The van der Waals surface area contributed by atoms with Gasteiger partial charge in [-0.1, -0.05) is 26.7 Å². The number of hydrogen-bond donors (Lipinski definition) is 1. The summed E-state index contributed by atoms with van der Waals surface area (Å²) in [6.45, 7) is 5.26. The molecule has 3 aromatic rings. The second kappa shape index (κ2) is 8.34. The number of aromatic nitrogens is 2. The number of pyridine rings is 1. The summed E-state index contributed by atoms with van der Waals surface area (Å²) in [6.07, 6.45) is 5.18. The molecule has 2 heterocycles. The van der Waals surface area contributed by atoms with Crippen LogP contribution in [0, 0.1) is 17.2 Å². The van der Waals surface area contributed by atoms with Crippen molar-refractivity contribution >= 4 is 17.1 Å². The highest BCUT2D eigenvalue weighted by Crippen LogP contribution is 2.27. The maximum Gasteiger partial charge on any atom is 0.295 e. The average molecular weight is 350 g/mol. The minimum atomic E-state index is 0.312. The van der Waals surface area contributed by atoms with E-state index in [1.54, 1.807) is 24.4 Å². The molecule has 0 fully saturated rings. The van der Waals surface area contributed by atoms with Crippen molar-refractivity contribution in [3.05, 3.63) is 42.2 Å². The topological polar surface area (TPSA) is 84.0 Å². The summed E-state index contributed by atoms with van der Waals surface area (Å²) in [4.78, 5) is 8.38. The molecule has 1 aromatic carbocycles. The molecule has 0 bridgehead atoms. The van der Waals surface area contributed by atoms with E-state index in [9.17, 15) is 0 Å². The third-order valence-corrected chi connectivity index (χ3v) is 4.09. The quantitative estimate of drug-likeness (QED) is 0.606. The Kier molecular flexibility index (Phi) is 5.69. The molecule has 6 heteroatoms. The van der Waals surface area contributed by atoms with Gasteiger partial charge in [0.1, 0.15) is 28.8 Å². The van der Waals surface area contributed by atoms with Gasteiger partial charge in [0.2, 0.25) is 0 Å². The Morgan fingerprint density at radius 1 is 1.27 bits per heavy atom. The zero-order valence-corrected chi connectivity index (χ0v) is 15.0. The summed E-state index contributed by atoms with van der Waals surface area (Å²) in [5.74, 6) is 1.75. The van der Waals surface area contributed by atoms with Crippen molar-refractivity contribution in [2.45, 2.75) is 33.1 Å². The van der Waals surface area contributed by atoms with Crippen LogP contribution in [0.25, 0.3) is 11.1 Å². The lowest BCUT2D eigenvalue weighted by Gasteiger charge is -2.10. The van der Waals surface area contributed by atoms with E-state index < -0.39 is 0 Å². The van der Waals surface area contributed by atoms with Gasteiger partial charge in [0.25, 0.3) is 6.01 Å². The minimum absolute atomic E-state index is 0.312. The Morgan fingerprint density at radius 2 is 2.12 bits per heavy atom. The molecule has 3 rings (SSSR count). The summed E-state index contributed by atoms with van der Waals surface area (Å²) >= 11 is 0. The van der Waals surface area contributed by atoms with Gasteiger partial charge in [0.05, 0.1) is 0 Å². The predicted molar refractivity (Wildman–Crippen MR) is 100 cm³/mol. The number of unbranched alkanes of at least 4 members (excludes halogenated alkanes) is 1. The lowest BCUT2D eigenvalue weighted by Crippen LogP contribution is -2.11. The molecule has 0 spiro atoms. The van der Waals surface area contributed by atoms with E-state index in [-0.39, 0.29) is 0 Å². The van der Waals surface area contributed by atoms with Crippen LogP contribution >= 0.6 is 0 Å². The van der Waals surface area contributed by atoms with E-state index in [1.165, 1.54) is 19.3 Å². The molecule has 0 saturated carbocycles. The first-order valence-corrected chi connectivity index (χ1v) is 8.86. The number of hydrogen-bond acceptors (Lipinski definition) is 6. The van der Waals surface area contributed by atoms with Crippen molar-refractivity contribution < 1.29 is 9.15 Å². The Morgan fingerprint density at radius 3 is 2.92 bits per heavy atom. The summed E-state index contributed by atoms with van der Waals surface area (Å²) in [5, 5.41) is 12.2. The van der Waals surface area contributed by atoms with Gasteiger partial charge in [0, 0.05) is 24.9 Å². The van der Waals surface area contributed by atoms with Crippen LogP contribution in [-0.2, 0) is 0 Å². The number of rotatable bonds is 8. The average Bonchev–Trinajstić information content (AvgIpc) is 3.07. The first-order valence-electron chi connectivity index (χ1n) is 8.86. The molecular weight excluding hydrogens is 328 g/mol. The number of oxazole rings is 1. The summed E-state index contributed by atoms with van der Waals surface area (Å²) in [6, 6.07) is 11.3. The Bertz CT molecular complexity index is 914. The van der Waals surface area contributed by atoms with Crippen molar-refractivity contribution in [3.8, 4) is 17.6 Å². The number of nitrogens with one attached hydrogen (secondary N) is 1. The second-order valence-corrected chi connectivity index (χ2v) is 6.37. The molecule has 1 N–H and O–H groups in total. The Labute approximate surface area is 152 Å². The Hall–Kier alpha value is -3.07. The summed E-state index contributed by atoms with van der Waals surface area (Å²) < 4.78 is 11.6. The van der Waals surface area contributed by atoms with Gasteiger partial charge < -0.3 is 14.5 Å². The highest BCUT2D eigenvalue weighted by Gasteiger charge is 2.09. The number of benzene rings is 1. The van der Waals surface area contributed by atoms with Crippen molar-refractivity contribution in [1.29, 1.82) is 5.26 Å². The Balaban J connectivity index is 1.68. The van der Waals surface area contributed by atoms with Crippen LogP contribution in [0.1, 0.15) is 38.8 Å². The van der Waals surface area contributed by atoms with E-state index in [0.29, 0.717) is 34.7 Å². The van der Waals surface area contributed by atoms with Crippen LogP contribution in [-0.4, -0.2) is 16.5 Å². The fourth-order valence-corrected chi connectivity index (χ4v) is 2.63. The van der Waals surface area contributed by atoms with E-state index in [4.69, 9.17) is 14.4 Å². The van der Waals surface area contributed by atoms with Crippen LogP contribution in [0.5, 0.6) is 11.5 Å². The van der Waals surface area contributed by atoms with Crippen LogP contribution in [0.4, 0.5) is 6.01 Å². The first-order chi connectivity index (χ1) is 12.7. The predicted octanol–water partition coefficient (Wildman–Crippen LogP) is 5.12. The van der Waals surface area contributed by atoms with E-state index in [1.807, 2.05) is 18.2 Å². The van der Waals surface area contributed by atoms with Crippen LogP contribution in [0.15, 0.2) is 40.9 Å². The lowest BCUT2D eigenvalue weighted by atomic mass is 10.1. The van der Waals surface area contributed by atoms with Gasteiger partial charge in [-0.25, -0.2) is 4.98 Å². The van der Waals surface area contributed by atoms with Crippen LogP contribution < -0.4 is 10.1 Å². The molecular formula is C20H22N4O2. The molecule has 134 valence electrons. The van der Waals surface area contributed by atoms with Crippen LogP contribution in [0.2, 0.25) is 0 Å². The fourth-order valence-electron chi connectivity index (χ4n) is 2.63. The number of nitrogens with zero attached hydrogens (tertiary/aromatic N) is 3. The number of fused-ring (bicyclic) bond motifs is 1. The van der Waals surface area contributed by atoms with Gasteiger partial charge in [0.15, 0.2) is 5.58 Å². The highest BCUT2D eigenvalue weighted by atomic mass is 16.5. The summed E-state index contributed by atoms with van der Waals surface area (Å²) in [7, 11) is 0. The zero-order chi connectivity index (χ0) is 18.4. The van der Waals surface area contributed by atoms with Gasteiger partial charge in [-0.15, -0.1) is 0 Å². The lowest BCUT2D eigenvalue weighted by molar-refractivity contribution is 0.480. The maximum atomic E-state index is 8.91. The molecule has 0 aliphatic heterocycles. The zero-order valence-electron chi connectivity index (χ0n) is 15.0. The molecule has 1 unspecified atom stereocenters. The van der Waals surface area contributed by atoms with E-state index >= 15 is 0 Å². The molecule has 26 heavy (non-hydrogen) atoms. The van der Waals surface area contributed by atoms with Gasteiger partial charge in [-0.05, 0) is 30.5 Å². The monoisotopic (exact) mass is 350 g/mol. The third-order valence-electron chi connectivity index (χ3n) is 4.09. The maximum absolute atomic E-state index is 8.91. The number of ether oxygens (including phenoxy) is 1. The second-order valence-electron chi connectivity index (χ2n) is 6.37. The van der Waals surface area contributed by atoms with Crippen molar-refractivity contribution in [3.63, 3.8) is 0 Å². The minimum Gasteiger partial charge on any atom is -0.457 e. The first kappa shape index (κ1) is 17.7. The largest absolute Gasteiger partial charge is 0.457 e. The molecule has 0 aliphatic rings. The molecule has 6 nitrogen and oxygen atoms in total. The molecule has 0 radical (unpaired) electrons. The highest BCUT2D eigenvalue weighted by molar-refractivity contribution is 5.76. The molecule has 0 aliphatic carbocycles. The number of anilines is 1. The van der Waals surface area contributed by atoms with Crippen molar-refractivity contribution in [2.24, 2.45) is 5.92 Å². The van der Waals surface area contributed by atoms with E-state index in [2.05, 4.69) is 29.1 Å². The smallest absolute Gasteiger partial charge is 0.295 e. The van der Waals surface area contributed by atoms with Crippen molar-refractivity contribution in [1.82, 2.24) is 9.97 Å². The van der Waals surface area contributed by atoms with Gasteiger partial charge in [-0.3, -0.25) is 0 Å². The molecule has 0 saturated heterocycles. The normalized spacial score (nSPS) is 11.9. The van der Waals surface area contributed by atoms with Crippen LogP contribution in [0.3, 0.4) is 0 Å². The third kappa shape index (κ3) is 4.51. The van der Waals surface area contributed by atoms with Gasteiger partial charge >= 0.3 is 0 Å². The molecule has 1 atom stereocenters. The summed E-state index contributed by atoms with van der Waals surface area (Å²) in [5.41, 5.74) is 1.74. The molecule has 2 aromatic heterocycles. The number of nitriles is 1. The van der Waals surface area contributed by atoms with Gasteiger partial charge in [-0.2, -0.15) is 10.2 Å². The SMILES string of the molecule is CCCCC(C)CNc1nc2ccc(Oc3ccnc(C#N)c3)cc2o1. The standard InChI is InChI=1S/C20H22N4O2/c1-3-4-5-14(2)13-23-20-24-18-7-6-16(11-19(18)26-20)25-17-8-9-22-15(10-17)12-21/h6-11,14H,3-5,13H2,1-2H3,(H,23,24). The van der Waals surface area contributed by atoms with Crippen molar-refractivity contribution in [2.75, 3.05) is 11.9 Å². The van der Waals surface area contributed by atoms with E-state index in [0.717, 1.165) is 12.1 Å². The molecule has 0 amide bonds. The fraction of sp³-hybridized carbons (Fsp3) is 0.350.